The van der Waals surface area contributed by atoms with Crippen LogP contribution in [0.15, 0.2) is 43.0 Å². The van der Waals surface area contributed by atoms with Gasteiger partial charge in [0.25, 0.3) is 0 Å². The highest BCUT2D eigenvalue weighted by atomic mass is 35.5. The molecule has 0 saturated carbocycles. The molecule has 1 aromatic carbocycles. The van der Waals surface area contributed by atoms with Crippen LogP contribution in [0.2, 0.25) is 5.15 Å². The van der Waals surface area contributed by atoms with Crippen LogP contribution in [0.3, 0.4) is 0 Å². The molecular formula is C23H28ClN7O3. The van der Waals surface area contributed by atoms with Crippen LogP contribution in [-0.4, -0.2) is 77.3 Å². The van der Waals surface area contributed by atoms with Crippen molar-refractivity contribution in [2.24, 2.45) is 0 Å². The third-order valence-electron chi connectivity index (χ3n) is 5.85. The van der Waals surface area contributed by atoms with Crippen LogP contribution >= 0.6 is 11.6 Å². The second kappa shape index (κ2) is 10.3. The fraction of sp³-hybridized carbons (Fsp3) is 0.391. The maximum absolute atomic E-state index is 13.5. The first-order valence-electron chi connectivity index (χ1n) is 10.9. The van der Waals surface area contributed by atoms with Gasteiger partial charge < -0.3 is 24.6 Å². The Labute approximate surface area is 203 Å². The summed E-state index contributed by atoms with van der Waals surface area (Å²) >= 11 is 6.32. The number of methoxy groups -OCH3 is 2. The van der Waals surface area contributed by atoms with E-state index in [0.29, 0.717) is 41.5 Å². The van der Waals surface area contributed by atoms with Gasteiger partial charge in [-0.05, 0) is 31.7 Å². The standard InChI is InChI=1S/C23H28ClN7O3/c1-15(16-5-6-18(33-3)19(11-16)34-4)26-22(32)17-13-29(2)9-10-31(17)21-12-20(24)27-23(28-21)30-8-7-25-14-30/h5-8,11-12,14-15,17H,9-10,13H2,1-4H3,(H,26,32). The van der Waals surface area contributed by atoms with E-state index in [0.717, 1.165) is 12.1 Å². The lowest BCUT2D eigenvalue weighted by atomic mass is 10.1. The molecule has 1 aliphatic rings. The minimum Gasteiger partial charge on any atom is -0.493 e. The van der Waals surface area contributed by atoms with Crippen molar-refractivity contribution in [1.82, 2.24) is 29.7 Å². The van der Waals surface area contributed by atoms with Crippen molar-refractivity contribution in [2.75, 3.05) is 45.8 Å². The van der Waals surface area contributed by atoms with Crippen molar-refractivity contribution < 1.29 is 14.3 Å². The molecule has 0 spiro atoms. The van der Waals surface area contributed by atoms with Crippen molar-refractivity contribution >= 4 is 23.3 Å². The molecule has 1 fully saturated rings. The Kier molecular flexibility index (Phi) is 7.18. The molecule has 0 bridgehead atoms. The predicted octanol–water partition coefficient (Wildman–Crippen LogP) is 2.33. The molecule has 2 aromatic heterocycles. The van der Waals surface area contributed by atoms with E-state index in [1.54, 1.807) is 43.6 Å². The number of aromatic nitrogens is 4. The number of carbonyl (C=O) groups is 1. The maximum atomic E-state index is 13.5. The molecular weight excluding hydrogens is 458 g/mol. The highest BCUT2D eigenvalue weighted by Crippen LogP contribution is 2.30. The van der Waals surface area contributed by atoms with Crippen LogP contribution in [0.1, 0.15) is 18.5 Å². The number of rotatable bonds is 7. The van der Waals surface area contributed by atoms with Crippen LogP contribution in [0, 0.1) is 0 Å². The molecule has 0 radical (unpaired) electrons. The fourth-order valence-corrected chi connectivity index (χ4v) is 4.14. The van der Waals surface area contributed by atoms with Gasteiger partial charge >= 0.3 is 0 Å². The zero-order chi connectivity index (χ0) is 24.2. The number of nitrogens with one attached hydrogen (secondary N) is 1. The first-order chi connectivity index (χ1) is 16.4. The summed E-state index contributed by atoms with van der Waals surface area (Å²) < 4.78 is 12.4. The highest BCUT2D eigenvalue weighted by Gasteiger charge is 2.33. The Morgan fingerprint density at radius 1 is 1.18 bits per heavy atom. The molecule has 1 aliphatic heterocycles. The van der Waals surface area contributed by atoms with E-state index >= 15 is 0 Å². The molecule has 1 N–H and O–H groups in total. The summed E-state index contributed by atoms with van der Waals surface area (Å²) in [7, 11) is 5.18. The number of hydrogen-bond acceptors (Lipinski definition) is 8. The molecule has 0 aliphatic carbocycles. The average molecular weight is 486 g/mol. The van der Waals surface area contributed by atoms with E-state index < -0.39 is 6.04 Å². The molecule has 3 aromatic rings. The zero-order valence-electron chi connectivity index (χ0n) is 19.6. The number of ether oxygens (including phenoxy) is 2. The number of anilines is 1. The molecule has 34 heavy (non-hydrogen) atoms. The van der Waals surface area contributed by atoms with Gasteiger partial charge in [-0.1, -0.05) is 17.7 Å². The number of piperazine rings is 1. The molecule has 3 heterocycles. The lowest BCUT2D eigenvalue weighted by Crippen LogP contribution is -2.58. The quantitative estimate of drug-likeness (QED) is 0.509. The first-order valence-corrected chi connectivity index (χ1v) is 11.3. The third-order valence-corrected chi connectivity index (χ3v) is 6.05. The van der Waals surface area contributed by atoms with Gasteiger partial charge in [0.1, 0.15) is 23.3 Å². The summed E-state index contributed by atoms with van der Waals surface area (Å²) in [6, 6.07) is 6.61. The zero-order valence-corrected chi connectivity index (χ0v) is 20.4. The number of likely N-dealkylation sites (N-methyl/N-ethyl adjacent to an activating group) is 1. The minimum absolute atomic E-state index is 0.104. The second-order valence-electron chi connectivity index (χ2n) is 8.13. The molecule has 10 nitrogen and oxygen atoms in total. The van der Waals surface area contributed by atoms with Gasteiger partial charge in [0.15, 0.2) is 11.5 Å². The number of amides is 1. The number of hydrogen-bond donors (Lipinski definition) is 1. The summed E-state index contributed by atoms with van der Waals surface area (Å²) in [6.07, 6.45) is 4.99. The summed E-state index contributed by atoms with van der Waals surface area (Å²) in [4.78, 5) is 30.6. The Bertz CT molecular complexity index is 1140. The average Bonchev–Trinajstić information content (AvgIpc) is 3.38. The predicted molar refractivity (Wildman–Crippen MR) is 129 cm³/mol. The summed E-state index contributed by atoms with van der Waals surface area (Å²) in [6.45, 7) is 3.90. The Morgan fingerprint density at radius 3 is 2.68 bits per heavy atom. The van der Waals surface area contributed by atoms with Crippen molar-refractivity contribution in [3.63, 3.8) is 0 Å². The van der Waals surface area contributed by atoms with Gasteiger partial charge in [0.2, 0.25) is 11.9 Å². The first kappa shape index (κ1) is 23.8. The number of nitrogens with zero attached hydrogens (tertiary/aromatic N) is 6. The number of halogens is 1. The molecule has 1 amide bonds. The molecule has 11 heteroatoms. The second-order valence-corrected chi connectivity index (χ2v) is 8.52. The molecule has 2 atom stereocenters. The van der Waals surface area contributed by atoms with Crippen molar-refractivity contribution in [3.05, 3.63) is 53.7 Å². The molecule has 4 rings (SSSR count). The van der Waals surface area contributed by atoms with E-state index in [-0.39, 0.29) is 11.9 Å². The largest absolute Gasteiger partial charge is 0.493 e. The third kappa shape index (κ3) is 5.07. The monoisotopic (exact) mass is 485 g/mol. The lowest BCUT2D eigenvalue weighted by Gasteiger charge is -2.40. The van der Waals surface area contributed by atoms with E-state index in [9.17, 15) is 4.79 Å². The molecule has 180 valence electrons. The van der Waals surface area contributed by atoms with E-state index in [1.165, 1.54) is 0 Å². The van der Waals surface area contributed by atoms with Crippen LogP contribution in [-0.2, 0) is 4.79 Å². The van der Waals surface area contributed by atoms with Gasteiger partial charge in [-0.15, -0.1) is 0 Å². The lowest BCUT2D eigenvalue weighted by molar-refractivity contribution is -0.123. The Balaban J connectivity index is 1.57. The van der Waals surface area contributed by atoms with Crippen LogP contribution < -0.4 is 19.7 Å². The van der Waals surface area contributed by atoms with E-state index in [1.807, 2.05) is 37.1 Å². The van der Waals surface area contributed by atoms with Gasteiger partial charge in [-0.3, -0.25) is 9.36 Å². The number of imidazole rings is 1. The van der Waals surface area contributed by atoms with Gasteiger partial charge in [-0.2, -0.15) is 4.98 Å². The van der Waals surface area contributed by atoms with Crippen molar-refractivity contribution in [2.45, 2.75) is 19.0 Å². The number of benzene rings is 1. The normalized spacial score (nSPS) is 17.3. The van der Waals surface area contributed by atoms with Gasteiger partial charge in [0.05, 0.1) is 20.3 Å². The summed E-state index contributed by atoms with van der Waals surface area (Å²) in [5, 5.41) is 3.43. The summed E-state index contributed by atoms with van der Waals surface area (Å²) in [5.74, 6) is 2.14. The summed E-state index contributed by atoms with van der Waals surface area (Å²) in [5.41, 5.74) is 0.911. The molecule has 1 saturated heterocycles. The van der Waals surface area contributed by atoms with E-state index in [4.69, 9.17) is 21.1 Å². The number of carbonyl (C=O) groups excluding carboxylic acids is 1. The van der Waals surface area contributed by atoms with Crippen LogP contribution in [0.4, 0.5) is 5.82 Å². The minimum atomic E-state index is -0.456. The SMILES string of the molecule is COc1ccc(C(C)NC(=O)C2CN(C)CCN2c2cc(Cl)nc(-n3ccnc3)n2)cc1OC. The highest BCUT2D eigenvalue weighted by molar-refractivity contribution is 6.29. The van der Waals surface area contributed by atoms with Gasteiger partial charge in [0, 0.05) is 38.1 Å². The van der Waals surface area contributed by atoms with Gasteiger partial charge in [-0.25, -0.2) is 9.97 Å². The van der Waals surface area contributed by atoms with Crippen LogP contribution in [0.25, 0.3) is 5.95 Å². The van der Waals surface area contributed by atoms with Crippen LogP contribution in [0.5, 0.6) is 11.5 Å². The molecule has 2 unspecified atom stereocenters. The topological polar surface area (TPSA) is 97.6 Å². The fourth-order valence-electron chi connectivity index (χ4n) is 3.97. The smallest absolute Gasteiger partial charge is 0.244 e. The Hall–Kier alpha value is -3.37. The van der Waals surface area contributed by atoms with E-state index in [2.05, 4.69) is 25.2 Å². The van der Waals surface area contributed by atoms with Crippen molar-refractivity contribution in [3.8, 4) is 17.4 Å². The van der Waals surface area contributed by atoms with Crippen molar-refractivity contribution in [1.29, 1.82) is 0 Å². The Morgan fingerprint density at radius 2 is 1.97 bits per heavy atom. The maximum Gasteiger partial charge on any atom is 0.244 e.